The molecule has 0 aliphatic rings. The highest BCUT2D eigenvalue weighted by atomic mass is 35.5. The minimum atomic E-state index is -0.410. The molecule has 0 radical (unpaired) electrons. The van der Waals surface area contributed by atoms with Gasteiger partial charge in [0.05, 0.1) is 10.6 Å². The number of carbonyl (C=O) groups excluding carboxylic acids is 2. The predicted octanol–water partition coefficient (Wildman–Crippen LogP) is 3.07. The molecule has 0 fully saturated rings. The molecule has 2 N–H and O–H groups in total. The zero-order valence-electron chi connectivity index (χ0n) is 11.0. The molecular formula is C14H19ClN2O2. The van der Waals surface area contributed by atoms with E-state index in [-0.39, 0.29) is 5.91 Å². The van der Waals surface area contributed by atoms with Gasteiger partial charge in [-0.1, -0.05) is 49.9 Å². The number of carbonyl (C=O) groups is 2. The molecular weight excluding hydrogens is 264 g/mol. The highest BCUT2D eigenvalue weighted by Gasteiger charge is 2.10. The van der Waals surface area contributed by atoms with Crippen molar-refractivity contribution in [3.63, 3.8) is 0 Å². The maximum Gasteiger partial charge on any atom is 0.271 e. The lowest BCUT2D eigenvalue weighted by Crippen LogP contribution is -2.41. The molecule has 104 valence electrons. The van der Waals surface area contributed by atoms with E-state index in [0.717, 1.165) is 25.7 Å². The van der Waals surface area contributed by atoms with Crippen LogP contribution in [0.15, 0.2) is 24.3 Å². The van der Waals surface area contributed by atoms with Gasteiger partial charge in [-0.05, 0) is 18.6 Å². The van der Waals surface area contributed by atoms with Crippen molar-refractivity contribution in [2.75, 3.05) is 0 Å². The molecule has 0 aliphatic heterocycles. The van der Waals surface area contributed by atoms with E-state index in [1.165, 1.54) is 0 Å². The van der Waals surface area contributed by atoms with Gasteiger partial charge in [-0.2, -0.15) is 0 Å². The normalized spacial score (nSPS) is 10.0. The summed E-state index contributed by atoms with van der Waals surface area (Å²) in [6.07, 6.45) is 4.54. The van der Waals surface area contributed by atoms with Gasteiger partial charge in [0.2, 0.25) is 5.91 Å². The van der Waals surface area contributed by atoms with E-state index < -0.39 is 5.91 Å². The summed E-state index contributed by atoms with van der Waals surface area (Å²) in [4.78, 5) is 23.2. The quantitative estimate of drug-likeness (QED) is 0.622. The molecule has 0 bridgehead atoms. The minimum Gasteiger partial charge on any atom is -0.273 e. The Morgan fingerprint density at radius 1 is 1.11 bits per heavy atom. The van der Waals surface area contributed by atoms with Crippen LogP contribution in [-0.2, 0) is 4.79 Å². The van der Waals surface area contributed by atoms with Crippen LogP contribution >= 0.6 is 11.6 Å². The zero-order chi connectivity index (χ0) is 14.1. The lowest BCUT2D eigenvalue weighted by Gasteiger charge is -2.08. The van der Waals surface area contributed by atoms with Crippen LogP contribution in [0.2, 0.25) is 5.02 Å². The van der Waals surface area contributed by atoms with Gasteiger partial charge in [0.25, 0.3) is 5.91 Å². The Morgan fingerprint density at radius 3 is 2.53 bits per heavy atom. The average molecular weight is 283 g/mol. The highest BCUT2D eigenvalue weighted by Crippen LogP contribution is 2.14. The summed E-state index contributed by atoms with van der Waals surface area (Å²) >= 11 is 5.88. The molecule has 0 atom stereocenters. The molecule has 1 aromatic carbocycles. The molecule has 4 nitrogen and oxygen atoms in total. The first-order valence-electron chi connectivity index (χ1n) is 6.49. The van der Waals surface area contributed by atoms with Crippen LogP contribution in [0.5, 0.6) is 0 Å². The molecule has 1 rings (SSSR count). The second-order valence-corrected chi connectivity index (χ2v) is 4.70. The minimum absolute atomic E-state index is 0.184. The van der Waals surface area contributed by atoms with E-state index in [4.69, 9.17) is 11.6 Å². The molecule has 0 saturated heterocycles. The Morgan fingerprint density at radius 2 is 1.84 bits per heavy atom. The highest BCUT2D eigenvalue weighted by molar-refractivity contribution is 6.33. The van der Waals surface area contributed by atoms with Gasteiger partial charge < -0.3 is 0 Å². The fourth-order valence-electron chi connectivity index (χ4n) is 1.61. The Balaban J connectivity index is 2.30. The van der Waals surface area contributed by atoms with Crippen LogP contribution < -0.4 is 10.9 Å². The molecule has 0 heterocycles. The fourth-order valence-corrected chi connectivity index (χ4v) is 1.84. The number of hydrogen-bond donors (Lipinski definition) is 2. The zero-order valence-corrected chi connectivity index (χ0v) is 11.8. The van der Waals surface area contributed by atoms with Crippen molar-refractivity contribution in [3.8, 4) is 0 Å². The van der Waals surface area contributed by atoms with E-state index in [9.17, 15) is 9.59 Å². The maximum atomic E-state index is 11.7. The van der Waals surface area contributed by atoms with Crippen molar-refractivity contribution >= 4 is 23.4 Å². The number of benzene rings is 1. The topological polar surface area (TPSA) is 58.2 Å². The number of nitrogens with one attached hydrogen (secondary N) is 2. The van der Waals surface area contributed by atoms with E-state index in [0.29, 0.717) is 17.0 Å². The predicted molar refractivity (Wildman–Crippen MR) is 75.8 cm³/mol. The third kappa shape index (κ3) is 5.75. The van der Waals surface area contributed by atoms with Crippen molar-refractivity contribution in [1.29, 1.82) is 0 Å². The van der Waals surface area contributed by atoms with E-state index in [1.54, 1.807) is 24.3 Å². The van der Waals surface area contributed by atoms with E-state index in [2.05, 4.69) is 17.8 Å². The number of amides is 2. The summed E-state index contributed by atoms with van der Waals surface area (Å²) < 4.78 is 0. The Labute approximate surface area is 118 Å². The Kier molecular flexibility index (Phi) is 6.97. The lowest BCUT2D eigenvalue weighted by atomic mass is 10.1. The van der Waals surface area contributed by atoms with Crippen LogP contribution in [0.25, 0.3) is 0 Å². The van der Waals surface area contributed by atoms with Crippen LogP contribution in [0.1, 0.15) is 49.4 Å². The number of rotatable bonds is 6. The summed E-state index contributed by atoms with van der Waals surface area (Å²) in [5.74, 6) is -0.594. The molecule has 0 spiro atoms. The van der Waals surface area contributed by atoms with Gasteiger partial charge in [0, 0.05) is 6.42 Å². The molecule has 5 heteroatoms. The Bertz CT molecular complexity index is 435. The van der Waals surface area contributed by atoms with Gasteiger partial charge in [-0.15, -0.1) is 0 Å². The third-order valence-electron chi connectivity index (χ3n) is 2.69. The van der Waals surface area contributed by atoms with Crippen molar-refractivity contribution in [2.24, 2.45) is 0 Å². The second kappa shape index (κ2) is 8.53. The van der Waals surface area contributed by atoms with Crippen LogP contribution in [0.4, 0.5) is 0 Å². The number of halogens is 1. The summed E-state index contributed by atoms with van der Waals surface area (Å²) in [7, 11) is 0. The van der Waals surface area contributed by atoms with Gasteiger partial charge in [0.1, 0.15) is 0 Å². The van der Waals surface area contributed by atoms with Gasteiger partial charge >= 0.3 is 0 Å². The van der Waals surface area contributed by atoms with Crippen molar-refractivity contribution < 1.29 is 9.59 Å². The van der Waals surface area contributed by atoms with Crippen molar-refractivity contribution in [2.45, 2.75) is 39.0 Å². The maximum absolute atomic E-state index is 11.7. The number of unbranched alkanes of at least 4 members (excludes halogenated alkanes) is 3. The molecule has 1 aromatic rings. The van der Waals surface area contributed by atoms with Crippen molar-refractivity contribution in [3.05, 3.63) is 34.9 Å². The second-order valence-electron chi connectivity index (χ2n) is 4.29. The smallest absolute Gasteiger partial charge is 0.271 e. The van der Waals surface area contributed by atoms with Gasteiger partial charge in [-0.3, -0.25) is 20.4 Å². The van der Waals surface area contributed by atoms with Crippen LogP contribution in [0.3, 0.4) is 0 Å². The monoisotopic (exact) mass is 282 g/mol. The van der Waals surface area contributed by atoms with E-state index in [1.807, 2.05) is 0 Å². The van der Waals surface area contributed by atoms with Gasteiger partial charge in [-0.25, -0.2) is 0 Å². The van der Waals surface area contributed by atoms with Crippen LogP contribution in [-0.4, -0.2) is 11.8 Å². The van der Waals surface area contributed by atoms with E-state index >= 15 is 0 Å². The molecule has 0 aromatic heterocycles. The largest absolute Gasteiger partial charge is 0.273 e. The standard InChI is InChI=1S/C14H19ClN2O2/c1-2-3-4-5-10-13(18)16-17-14(19)11-8-6-7-9-12(11)15/h6-9H,2-5,10H2,1H3,(H,16,18)(H,17,19). The summed E-state index contributed by atoms with van der Waals surface area (Å²) in [6.45, 7) is 2.11. The summed E-state index contributed by atoms with van der Waals surface area (Å²) in [5, 5.41) is 0.359. The Hall–Kier alpha value is -1.55. The molecule has 0 aliphatic carbocycles. The molecule has 0 unspecified atom stereocenters. The average Bonchev–Trinajstić information content (AvgIpc) is 2.41. The van der Waals surface area contributed by atoms with Gasteiger partial charge in [0.15, 0.2) is 0 Å². The molecule has 19 heavy (non-hydrogen) atoms. The summed E-state index contributed by atoms with van der Waals surface area (Å²) in [5.41, 5.74) is 5.09. The van der Waals surface area contributed by atoms with Crippen LogP contribution in [0, 0.1) is 0 Å². The lowest BCUT2D eigenvalue weighted by molar-refractivity contribution is -0.122. The van der Waals surface area contributed by atoms with Crippen molar-refractivity contribution in [1.82, 2.24) is 10.9 Å². The SMILES string of the molecule is CCCCCCC(=O)NNC(=O)c1ccccc1Cl. The first-order valence-corrected chi connectivity index (χ1v) is 6.86. The number of hydrogen-bond acceptors (Lipinski definition) is 2. The molecule has 2 amide bonds. The number of hydrazine groups is 1. The fraction of sp³-hybridized carbons (Fsp3) is 0.429. The molecule has 0 saturated carbocycles. The first kappa shape index (κ1) is 15.5. The third-order valence-corrected chi connectivity index (χ3v) is 3.02. The first-order chi connectivity index (χ1) is 9.15. The summed E-state index contributed by atoms with van der Waals surface area (Å²) in [6, 6.07) is 6.69.